The number of carbonyl (C=O) groups is 4. The van der Waals surface area contributed by atoms with Crippen LogP contribution in [0.4, 0.5) is 17.5 Å². The largest absolute Gasteiger partial charge is 0.496 e. The standard InChI is InChI=1S/C45H46N12O6/c1-5-57-36(19-31(53-57)26-12-13-26)49-41-39-28-18-34(62-4)29(38-23(2)54-63-24(38)3)17-32(28)47-40(39)51-42(52-41)44(60)48-35-21-55(22-46-35)16-7-6-9-25-10-8-11-27-30(25)20-56(45(27)61)33-14-15-37(58)50-43(33)59/h8,10-11,17-19,21-22,26,33H,5-7,9,12-16,20H2,1-4H3,(H,48,60)(H,50,58,59)(H2,47,49,51,52). The molecule has 63 heavy (non-hydrogen) atoms. The number of anilines is 3. The number of imide groups is 1. The van der Waals surface area contributed by atoms with Gasteiger partial charge in [0.1, 0.15) is 34.8 Å². The van der Waals surface area contributed by atoms with Crippen LogP contribution in [0.2, 0.25) is 0 Å². The van der Waals surface area contributed by atoms with E-state index >= 15 is 0 Å². The number of imidazole rings is 1. The summed E-state index contributed by atoms with van der Waals surface area (Å²) in [7, 11) is 1.62. The Morgan fingerprint density at radius 2 is 1.90 bits per heavy atom. The second kappa shape index (κ2) is 15.8. The number of carbonyl (C=O) groups excluding carboxylic acids is 4. The molecular formula is C45H46N12O6. The number of amides is 4. The van der Waals surface area contributed by atoms with Crippen LogP contribution in [0.1, 0.15) is 101 Å². The van der Waals surface area contributed by atoms with Gasteiger partial charge in [-0.05, 0) is 88.6 Å². The highest BCUT2D eigenvalue weighted by molar-refractivity contribution is 6.14. The number of ether oxygens (including phenoxy) is 1. The van der Waals surface area contributed by atoms with Gasteiger partial charge in [0, 0.05) is 66.3 Å². The molecule has 3 aliphatic rings. The van der Waals surface area contributed by atoms with Crippen LogP contribution >= 0.6 is 0 Å². The van der Waals surface area contributed by atoms with Gasteiger partial charge >= 0.3 is 0 Å². The van der Waals surface area contributed by atoms with E-state index in [9.17, 15) is 19.2 Å². The molecule has 1 saturated carbocycles. The van der Waals surface area contributed by atoms with Crippen LogP contribution in [-0.2, 0) is 35.6 Å². The lowest BCUT2D eigenvalue weighted by molar-refractivity contribution is -0.136. The molecule has 0 radical (unpaired) electrons. The zero-order chi connectivity index (χ0) is 43.5. The number of piperidine rings is 1. The molecule has 1 atom stereocenters. The highest BCUT2D eigenvalue weighted by atomic mass is 16.5. The fourth-order valence-electron chi connectivity index (χ4n) is 8.94. The predicted octanol–water partition coefficient (Wildman–Crippen LogP) is 6.46. The first-order valence-electron chi connectivity index (χ1n) is 21.3. The zero-order valence-corrected chi connectivity index (χ0v) is 35.4. The third-order valence-corrected chi connectivity index (χ3v) is 12.3. The van der Waals surface area contributed by atoms with Crippen LogP contribution < -0.4 is 20.7 Å². The first kappa shape index (κ1) is 39.7. The summed E-state index contributed by atoms with van der Waals surface area (Å²) < 4.78 is 15.2. The van der Waals surface area contributed by atoms with Crippen molar-refractivity contribution in [3.05, 3.63) is 88.6 Å². The Labute approximate surface area is 360 Å². The van der Waals surface area contributed by atoms with Crippen molar-refractivity contribution in [2.75, 3.05) is 17.7 Å². The van der Waals surface area contributed by atoms with Crippen molar-refractivity contribution in [2.45, 2.75) is 97.3 Å². The maximum absolute atomic E-state index is 13.9. The minimum atomic E-state index is -0.650. The molecule has 10 rings (SSSR count). The molecule has 7 heterocycles. The Bertz CT molecular complexity index is 2970. The summed E-state index contributed by atoms with van der Waals surface area (Å²) in [4.78, 5) is 70.5. The van der Waals surface area contributed by atoms with Crippen molar-refractivity contribution in [1.29, 1.82) is 0 Å². The second-order valence-corrected chi connectivity index (χ2v) is 16.5. The number of methoxy groups -OCH3 is 1. The van der Waals surface area contributed by atoms with E-state index < -0.39 is 17.9 Å². The van der Waals surface area contributed by atoms with Gasteiger partial charge in [0.2, 0.25) is 17.6 Å². The van der Waals surface area contributed by atoms with E-state index in [0.29, 0.717) is 71.7 Å². The number of unbranched alkanes of at least 4 members (excludes halogenated alkanes) is 1. The lowest BCUT2D eigenvalue weighted by atomic mass is 9.99. The number of benzene rings is 2. The summed E-state index contributed by atoms with van der Waals surface area (Å²) in [6.07, 6.45) is 8.61. The Morgan fingerprint density at radius 3 is 2.67 bits per heavy atom. The maximum Gasteiger partial charge on any atom is 0.294 e. The van der Waals surface area contributed by atoms with Crippen LogP contribution in [0.3, 0.4) is 0 Å². The van der Waals surface area contributed by atoms with Crippen LogP contribution in [0.15, 0.2) is 53.4 Å². The van der Waals surface area contributed by atoms with Gasteiger partial charge in [0.05, 0.1) is 35.8 Å². The molecule has 4 amide bonds. The van der Waals surface area contributed by atoms with Crippen molar-refractivity contribution in [2.24, 2.45) is 0 Å². The number of fused-ring (bicyclic) bond motifs is 4. The molecule has 1 saturated heterocycles. The van der Waals surface area contributed by atoms with Gasteiger partial charge in [0.15, 0.2) is 5.82 Å². The zero-order valence-electron chi connectivity index (χ0n) is 35.4. The first-order chi connectivity index (χ1) is 30.6. The van der Waals surface area contributed by atoms with Gasteiger partial charge in [-0.1, -0.05) is 17.3 Å². The Balaban J connectivity index is 0.865. The normalized spacial score (nSPS) is 16.3. The van der Waals surface area contributed by atoms with Crippen molar-refractivity contribution < 1.29 is 28.4 Å². The van der Waals surface area contributed by atoms with Gasteiger partial charge in [-0.3, -0.25) is 24.5 Å². The maximum atomic E-state index is 13.9. The molecule has 1 aliphatic carbocycles. The monoisotopic (exact) mass is 850 g/mol. The number of aromatic amines is 1. The Hall–Kier alpha value is -7.37. The average Bonchev–Trinajstić information content (AvgIpc) is 3.52. The molecule has 0 spiro atoms. The van der Waals surface area contributed by atoms with Crippen LogP contribution in [0, 0.1) is 13.8 Å². The lowest BCUT2D eigenvalue weighted by Gasteiger charge is -2.29. The van der Waals surface area contributed by atoms with Crippen LogP contribution in [-0.4, -0.2) is 81.1 Å². The highest BCUT2D eigenvalue weighted by Crippen LogP contribution is 2.43. The van der Waals surface area contributed by atoms with Gasteiger partial charge in [-0.15, -0.1) is 0 Å². The summed E-state index contributed by atoms with van der Waals surface area (Å²) in [6, 6.07) is 11.0. The number of hydrogen-bond donors (Lipinski definition) is 4. The summed E-state index contributed by atoms with van der Waals surface area (Å²) in [6.45, 7) is 7.42. The van der Waals surface area contributed by atoms with E-state index in [-0.39, 0.29) is 24.1 Å². The number of hydrogen-bond acceptors (Lipinski definition) is 12. The third kappa shape index (κ3) is 7.34. The van der Waals surface area contributed by atoms with Crippen molar-refractivity contribution in [3.63, 3.8) is 0 Å². The van der Waals surface area contributed by atoms with Crippen molar-refractivity contribution >= 4 is 63.0 Å². The predicted molar refractivity (Wildman–Crippen MR) is 232 cm³/mol. The third-order valence-electron chi connectivity index (χ3n) is 12.3. The molecule has 1 unspecified atom stereocenters. The number of aromatic nitrogens is 8. The number of rotatable bonds is 14. The molecule has 0 bridgehead atoms. The molecule has 5 aromatic heterocycles. The van der Waals surface area contributed by atoms with Crippen LogP contribution in [0.5, 0.6) is 5.75 Å². The molecule has 2 aliphatic heterocycles. The molecular weight excluding hydrogens is 805 g/mol. The summed E-state index contributed by atoms with van der Waals surface area (Å²) in [5, 5.41) is 19.2. The quantitative estimate of drug-likeness (QED) is 0.0684. The molecule has 18 heteroatoms. The molecule has 2 fully saturated rings. The first-order valence-corrected chi connectivity index (χ1v) is 21.3. The number of nitrogens with one attached hydrogen (secondary N) is 4. The molecule has 322 valence electrons. The van der Waals surface area contributed by atoms with E-state index in [0.717, 1.165) is 82.5 Å². The summed E-state index contributed by atoms with van der Waals surface area (Å²) in [5.74, 6) is 1.80. The van der Waals surface area contributed by atoms with Crippen molar-refractivity contribution in [3.8, 4) is 16.9 Å². The minimum absolute atomic E-state index is 0.0564. The van der Waals surface area contributed by atoms with Crippen molar-refractivity contribution in [1.82, 2.24) is 49.7 Å². The van der Waals surface area contributed by atoms with Gasteiger partial charge in [-0.2, -0.15) is 5.10 Å². The summed E-state index contributed by atoms with van der Waals surface area (Å²) in [5.41, 5.74) is 7.24. The fraction of sp³-hybridized carbons (Fsp3) is 0.356. The molecule has 7 aromatic rings. The van der Waals surface area contributed by atoms with E-state index in [1.165, 1.54) is 0 Å². The van der Waals surface area contributed by atoms with Gasteiger partial charge in [-0.25, -0.2) is 19.6 Å². The molecule has 2 aromatic carbocycles. The van der Waals surface area contributed by atoms with Gasteiger partial charge in [0.25, 0.3) is 11.8 Å². The second-order valence-electron chi connectivity index (χ2n) is 16.5. The lowest BCUT2D eigenvalue weighted by Crippen LogP contribution is -2.52. The van der Waals surface area contributed by atoms with E-state index in [1.807, 2.05) is 54.3 Å². The number of nitrogens with zero attached hydrogens (tertiary/aromatic N) is 8. The topological polar surface area (TPSA) is 220 Å². The highest BCUT2D eigenvalue weighted by Gasteiger charge is 2.39. The SMILES string of the molecule is CCn1nc(C2CC2)cc1Nc1nc(C(=O)Nc2cn(CCCCc3cccc4c3CN(C3CCC(=O)NC3=O)C4=O)cn2)nc2[nH]c3cc(-c4c(C)noc4C)c(OC)cc3c12. The Morgan fingerprint density at radius 1 is 1.05 bits per heavy atom. The van der Waals surface area contributed by atoms with Crippen LogP contribution in [0.25, 0.3) is 33.1 Å². The number of H-pyrrole nitrogens is 1. The Kier molecular flexibility index (Phi) is 9.99. The van der Waals surface area contributed by atoms with E-state index in [2.05, 4.69) is 37.1 Å². The average molecular weight is 851 g/mol. The fourth-order valence-corrected chi connectivity index (χ4v) is 8.94. The smallest absolute Gasteiger partial charge is 0.294 e. The molecule has 4 N–H and O–H groups in total. The summed E-state index contributed by atoms with van der Waals surface area (Å²) >= 11 is 0. The number of aryl methyl sites for hydroxylation is 5. The molecule has 18 nitrogen and oxygen atoms in total. The van der Waals surface area contributed by atoms with E-state index in [1.54, 1.807) is 30.6 Å². The van der Waals surface area contributed by atoms with E-state index in [4.69, 9.17) is 24.3 Å². The van der Waals surface area contributed by atoms with Gasteiger partial charge < -0.3 is 34.3 Å². The minimum Gasteiger partial charge on any atom is -0.496 e.